The average Bonchev–Trinajstić information content (AvgIpc) is 2.75. The van der Waals surface area contributed by atoms with Crippen LogP contribution in [0.3, 0.4) is 0 Å². The molecule has 26 heavy (non-hydrogen) atoms. The van der Waals surface area contributed by atoms with Crippen molar-refractivity contribution >= 4 is 11.6 Å². The van der Waals surface area contributed by atoms with Crippen LogP contribution in [0.25, 0.3) is 11.4 Å². The smallest absolute Gasteiger partial charge is 0.255 e. The molecule has 0 radical (unpaired) electrons. The number of anilines is 1. The Bertz CT molecular complexity index is 858. The third-order valence-electron chi connectivity index (χ3n) is 4.63. The minimum absolute atomic E-state index is 0.0396. The van der Waals surface area contributed by atoms with E-state index in [9.17, 15) is 4.79 Å². The number of carbonyl (C=O) groups excluding carboxylic acids is 1. The number of piperazine rings is 1. The van der Waals surface area contributed by atoms with Gasteiger partial charge in [-0.25, -0.2) is 0 Å². The molecule has 5 nitrogen and oxygen atoms in total. The fraction of sp³-hybridized carbons (Fsp3) is 0.190. The molecule has 0 aliphatic carbocycles. The van der Waals surface area contributed by atoms with Gasteiger partial charge in [-0.1, -0.05) is 24.3 Å². The second kappa shape index (κ2) is 7.35. The van der Waals surface area contributed by atoms with Gasteiger partial charge in [0.1, 0.15) is 0 Å². The van der Waals surface area contributed by atoms with Gasteiger partial charge in [-0.15, -0.1) is 0 Å². The molecule has 130 valence electrons. The number of pyridine rings is 2. The molecule has 1 aliphatic heterocycles. The standard InChI is InChI=1S/C21H20N4O/c26-21(17-9-10-20(23-16-17)19-8-4-5-11-22-19)25-14-12-24(13-15-25)18-6-2-1-3-7-18/h1-11,16H,12-15H2. The maximum atomic E-state index is 12.7. The van der Waals surface area contributed by atoms with Crippen LogP contribution in [-0.2, 0) is 0 Å². The average molecular weight is 344 g/mol. The molecule has 5 heteroatoms. The first-order chi connectivity index (χ1) is 12.8. The van der Waals surface area contributed by atoms with E-state index < -0.39 is 0 Å². The predicted octanol–water partition coefficient (Wildman–Crippen LogP) is 3.11. The van der Waals surface area contributed by atoms with Gasteiger partial charge in [0.05, 0.1) is 17.0 Å². The molecule has 1 aliphatic rings. The Balaban J connectivity index is 1.41. The van der Waals surface area contributed by atoms with Crippen LogP contribution >= 0.6 is 0 Å². The molecule has 0 spiro atoms. The summed E-state index contributed by atoms with van der Waals surface area (Å²) in [6, 6.07) is 19.7. The summed E-state index contributed by atoms with van der Waals surface area (Å²) in [6.45, 7) is 3.12. The van der Waals surface area contributed by atoms with E-state index in [1.165, 1.54) is 5.69 Å². The lowest BCUT2D eigenvalue weighted by Crippen LogP contribution is -2.48. The van der Waals surface area contributed by atoms with Crippen LogP contribution < -0.4 is 4.90 Å². The van der Waals surface area contributed by atoms with Crippen LogP contribution in [-0.4, -0.2) is 47.0 Å². The lowest BCUT2D eigenvalue weighted by atomic mass is 10.1. The fourth-order valence-electron chi connectivity index (χ4n) is 3.18. The third-order valence-corrected chi connectivity index (χ3v) is 4.63. The first-order valence-corrected chi connectivity index (χ1v) is 8.78. The molecular formula is C21H20N4O. The summed E-state index contributed by atoms with van der Waals surface area (Å²) in [7, 11) is 0. The zero-order valence-electron chi connectivity index (χ0n) is 14.5. The molecule has 1 fully saturated rings. The van der Waals surface area contributed by atoms with Crippen molar-refractivity contribution in [1.29, 1.82) is 0 Å². The van der Waals surface area contributed by atoms with Crippen LogP contribution in [0.2, 0.25) is 0 Å². The monoisotopic (exact) mass is 344 g/mol. The lowest BCUT2D eigenvalue weighted by molar-refractivity contribution is 0.0746. The van der Waals surface area contributed by atoms with Gasteiger partial charge in [-0.2, -0.15) is 0 Å². The Morgan fingerprint density at radius 2 is 1.50 bits per heavy atom. The van der Waals surface area contributed by atoms with Crippen molar-refractivity contribution in [3.8, 4) is 11.4 Å². The molecule has 0 saturated carbocycles. The minimum Gasteiger partial charge on any atom is -0.368 e. The molecule has 4 rings (SSSR count). The van der Waals surface area contributed by atoms with Gasteiger partial charge in [0.15, 0.2) is 0 Å². The Hall–Kier alpha value is -3.21. The van der Waals surface area contributed by atoms with E-state index >= 15 is 0 Å². The highest BCUT2D eigenvalue weighted by Gasteiger charge is 2.22. The second-order valence-electron chi connectivity index (χ2n) is 6.26. The Labute approximate surface area is 152 Å². The van der Waals surface area contributed by atoms with Crippen molar-refractivity contribution in [3.63, 3.8) is 0 Å². The molecule has 0 unspecified atom stereocenters. The van der Waals surface area contributed by atoms with Crippen LogP contribution in [0.15, 0.2) is 73.1 Å². The number of aromatic nitrogens is 2. The van der Waals surface area contributed by atoms with E-state index in [1.54, 1.807) is 12.4 Å². The van der Waals surface area contributed by atoms with Gasteiger partial charge in [0, 0.05) is 44.3 Å². The first-order valence-electron chi connectivity index (χ1n) is 8.78. The molecule has 3 aromatic rings. The van der Waals surface area contributed by atoms with Crippen molar-refractivity contribution in [3.05, 3.63) is 78.6 Å². The van der Waals surface area contributed by atoms with Gasteiger partial charge >= 0.3 is 0 Å². The summed E-state index contributed by atoms with van der Waals surface area (Å²) in [6.07, 6.45) is 3.39. The van der Waals surface area contributed by atoms with E-state index in [0.29, 0.717) is 5.56 Å². The zero-order chi connectivity index (χ0) is 17.8. The number of carbonyl (C=O) groups is 1. The molecule has 1 aromatic carbocycles. The summed E-state index contributed by atoms with van der Waals surface area (Å²) in [5, 5.41) is 0. The maximum absolute atomic E-state index is 12.7. The van der Waals surface area contributed by atoms with E-state index in [1.807, 2.05) is 53.4 Å². The molecule has 1 amide bonds. The Morgan fingerprint density at radius 1 is 0.769 bits per heavy atom. The van der Waals surface area contributed by atoms with Crippen molar-refractivity contribution < 1.29 is 4.79 Å². The van der Waals surface area contributed by atoms with Crippen LogP contribution in [0.4, 0.5) is 5.69 Å². The molecule has 0 bridgehead atoms. The van der Waals surface area contributed by atoms with E-state index in [-0.39, 0.29) is 5.91 Å². The molecule has 0 atom stereocenters. The van der Waals surface area contributed by atoms with Crippen LogP contribution in [0, 0.1) is 0 Å². The maximum Gasteiger partial charge on any atom is 0.255 e. The minimum atomic E-state index is 0.0396. The number of amides is 1. The zero-order valence-corrected chi connectivity index (χ0v) is 14.5. The lowest BCUT2D eigenvalue weighted by Gasteiger charge is -2.36. The third kappa shape index (κ3) is 3.42. The van der Waals surface area contributed by atoms with E-state index in [4.69, 9.17) is 0 Å². The highest BCUT2D eigenvalue weighted by molar-refractivity contribution is 5.94. The quantitative estimate of drug-likeness (QED) is 0.732. The Morgan fingerprint density at radius 3 is 2.15 bits per heavy atom. The number of hydrogen-bond acceptors (Lipinski definition) is 4. The molecule has 2 aromatic heterocycles. The number of nitrogens with zero attached hydrogens (tertiary/aromatic N) is 4. The van der Waals surface area contributed by atoms with Gasteiger partial charge in [-0.3, -0.25) is 14.8 Å². The first kappa shape index (κ1) is 16.3. The number of para-hydroxylation sites is 1. The normalized spacial score (nSPS) is 14.3. The van der Waals surface area contributed by atoms with Crippen molar-refractivity contribution in [2.75, 3.05) is 31.1 Å². The number of rotatable bonds is 3. The summed E-state index contributed by atoms with van der Waals surface area (Å²) in [4.78, 5) is 25.6. The largest absolute Gasteiger partial charge is 0.368 e. The van der Waals surface area contributed by atoms with Crippen LogP contribution in [0.5, 0.6) is 0 Å². The summed E-state index contributed by atoms with van der Waals surface area (Å²) in [5.41, 5.74) is 3.41. The van der Waals surface area contributed by atoms with Gasteiger partial charge < -0.3 is 9.80 Å². The number of hydrogen-bond donors (Lipinski definition) is 0. The van der Waals surface area contributed by atoms with Gasteiger partial charge in [0.2, 0.25) is 0 Å². The second-order valence-corrected chi connectivity index (χ2v) is 6.26. The van der Waals surface area contributed by atoms with Crippen LogP contribution in [0.1, 0.15) is 10.4 Å². The number of benzene rings is 1. The molecule has 3 heterocycles. The van der Waals surface area contributed by atoms with Crippen molar-refractivity contribution in [2.45, 2.75) is 0 Å². The van der Waals surface area contributed by atoms with E-state index in [0.717, 1.165) is 37.6 Å². The van der Waals surface area contributed by atoms with Gasteiger partial charge in [-0.05, 0) is 36.4 Å². The summed E-state index contributed by atoms with van der Waals surface area (Å²) in [5.74, 6) is 0.0396. The molecular weight excluding hydrogens is 324 g/mol. The topological polar surface area (TPSA) is 49.3 Å². The highest BCUT2D eigenvalue weighted by atomic mass is 16.2. The molecule has 1 saturated heterocycles. The van der Waals surface area contributed by atoms with E-state index in [2.05, 4.69) is 27.0 Å². The fourth-order valence-corrected chi connectivity index (χ4v) is 3.18. The Kier molecular flexibility index (Phi) is 4.60. The summed E-state index contributed by atoms with van der Waals surface area (Å²) < 4.78 is 0. The van der Waals surface area contributed by atoms with Crippen molar-refractivity contribution in [2.24, 2.45) is 0 Å². The SMILES string of the molecule is O=C(c1ccc(-c2ccccn2)nc1)N1CCN(c2ccccc2)CC1. The van der Waals surface area contributed by atoms with Gasteiger partial charge in [0.25, 0.3) is 5.91 Å². The summed E-state index contributed by atoms with van der Waals surface area (Å²) >= 11 is 0. The predicted molar refractivity (Wildman–Crippen MR) is 102 cm³/mol. The highest BCUT2D eigenvalue weighted by Crippen LogP contribution is 2.18. The molecule has 0 N–H and O–H groups in total. The van der Waals surface area contributed by atoms with Crippen molar-refractivity contribution in [1.82, 2.24) is 14.9 Å².